The van der Waals surface area contributed by atoms with Gasteiger partial charge >= 0.3 is 0 Å². The largest absolute Gasteiger partial charge is 0.385 e. The molecule has 1 aromatic rings. The van der Waals surface area contributed by atoms with Gasteiger partial charge in [-0.25, -0.2) is 0 Å². The summed E-state index contributed by atoms with van der Waals surface area (Å²) in [6.45, 7) is 5.45. The van der Waals surface area contributed by atoms with Crippen molar-refractivity contribution in [3.05, 3.63) is 35.9 Å². The Hall–Kier alpha value is -1.41. The molecule has 0 aliphatic carbocycles. The molecule has 0 saturated heterocycles. The van der Waals surface area contributed by atoms with Crippen LogP contribution in [0.3, 0.4) is 0 Å². The summed E-state index contributed by atoms with van der Waals surface area (Å²) in [5, 5.41) is 13.1. The summed E-state index contributed by atoms with van der Waals surface area (Å²) < 4.78 is 5.08. The Kier molecular flexibility index (Phi) is 7.99. The normalized spacial score (nSPS) is 13.9. The van der Waals surface area contributed by atoms with Crippen LogP contribution in [0.2, 0.25) is 0 Å². The molecule has 0 aromatic heterocycles. The second kappa shape index (κ2) is 9.51. The molecule has 0 bridgehead atoms. The Labute approximate surface area is 128 Å². The standard InChI is InChI=1S/C17H27N3O/c1-4-19-17(15-18,16-9-6-5-7-10-16)11-13-20(2)12-8-14-21-3/h5-7,9-10,19H,4,8,11-14H2,1-3H3. The summed E-state index contributed by atoms with van der Waals surface area (Å²) >= 11 is 0. The van der Waals surface area contributed by atoms with E-state index in [1.807, 2.05) is 37.3 Å². The summed E-state index contributed by atoms with van der Waals surface area (Å²) in [5.41, 5.74) is 0.436. The minimum Gasteiger partial charge on any atom is -0.385 e. The van der Waals surface area contributed by atoms with Crippen molar-refractivity contribution in [2.45, 2.75) is 25.3 Å². The number of benzene rings is 1. The van der Waals surface area contributed by atoms with Crippen LogP contribution in [0.5, 0.6) is 0 Å². The van der Waals surface area contributed by atoms with E-state index in [1.54, 1.807) is 7.11 Å². The second-order valence-corrected chi connectivity index (χ2v) is 5.31. The fraction of sp³-hybridized carbons (Fsp3) is 0.588. The molecular formula is C17H27N3O. The molecule has 1 rings (SSSR count). The van der Waals surface area contributed by atoms with Crippen molar-refractivity contribution in [2.75, 3.05) is 40.4 Å². The molecule has 0 radical (unpaired) electrons. The van der Waals surface area contributed by atoms with E-state index < -0.39 is 5.54 Å². The van der Waals surface area contributed by atoms with Crippen LogP contribution in [-0.2, 0) is 10.3 Å². The number of methoxy groups -OCH3 is 1. The Morgan fingerprint density at radius 3 is 2.57 bits per heavy atom. The van der Waals surface area contributed by atoms with Gasteiger partial charge in [0.25, 0.3) is 0 Å². The number of hydrogen-bond acceptors (Lipinski definition) is 4. The van der Waals surface area contributed by atoms with E-state index in [1.165, 1.54) is 0 Å². The molecule has 0 saturated carbocycles. The van der Waals surface area contributed by atoms with E-state index in [0.29, 0.717) is 0 Å². The molecule has 4 nitrogen and oxygen atoms in total. The first-order valence-corrected chi connectivity index (χ1v) is 7.58. The number of nitrogens with zero attached hydrogens (tertiary/aromatic N) is 2. The number of ether oxygens (including phenoxy) is 1. The van der Waals surface area contributed by atoms with Crippen molar-refractivity contribution >= 4 is 0 Å². The summed E-state index contributed by atoms with van der Waals surface area (Å²) in [6.07, 6.45) is 1.78. The maximum atomic E-state index is 9.74. The van der Waals surface area contributed by atoms with Crippen molar-refractivity contribution in [2.24, 2.45) is 0 Å². The minimum atomic E-state index is -0.606. The lowest BCUT2D eigenvalue weighted by Gasteiger charge is -2.30. The van der Waals surface area contributed by atoms with Crippen molar-refractivity contribution < 1.29 is 4.74 Å². The van der Waals surface area contributed by atoms with Crippen LogP contribution in [-0.4, -0.2) is 45.3 Å². The minimum absolute atomic E-state index is 0.606. The molecular weight excluding hydrogens is 262 g/mol. The summed E-state index contributed by atoms with van der Waals surface area (Å²) in [4.78, 5) is 2.26. The lowest BCUT2D eigenvalue weighted by molar-refractivity contribution is 0.176. The first-order chi connectivity index (χ1) is 10.2. The van der Waals surface area contributed by atoms with Crippen molar-refractivity contribution in [3.8, 4) is 6.07 Å². The van der Waals surface area contributed by atoms with E-state index in [9.17, 15) is 5.26 Å². The number of nitriles is 1. The maximum Gasteiger partial charge on any atom is 0.133 e. The number of nitrogens with one attached hydrogen (secondary N) is 1. The Morgan fingerprint density at radius 2 is 2.00 bits per heavy atom. The fourth-order valence-corrected chi connectivity index (χ4v) is 2.47. The molecule has 0 spiro atoms. The van der Waals surface area contributed by atoms with Gasteiger partial charge in [-0.1, -0.05) is 37.3 Å². The number of hydrogen-bond donors (Lipinski definition) is 1. The first kappa shape index (κ1) is 17.6. The van der Waals surface area contributed by atoms with E-state index in [0.717, 1.165) is 44.6 Å². The topological polar surface area (TPSA) is 48.3 Å². The van der Waals surface area contributed by atoms with Gasteiger partial charge < -0.3 is 9.64 Å². The van der Waals surface area contributed by atoms with Crippen LogP contribution >= 0.6 is 0 Å². The van der Waals surface area contributed by atoms with Crippen LogP contribution in [0.15, 0.2) is 30.3 Å². The monoisotopic (exact) mass is 289 g/mol. The van der Waals surface area contributed by atoms with Crippen molar-refractivity contribution in [1.29, 1.82) is 5.26 Å². The fourth-order valence-electron chi connectivity index (χ4n) is 2.47. The molecule has 1 N–H and O–H groups in total. The molecule has 0 heterocycles. The van der Waals surface area contributed by atoms with E-state index in [2.05, 4.69) is 23.3 Å². The highest BCUT2D eigenvalue weighted by molar-refractivity contribution is 5.31. The average Bonchev–Trinajstić information content (AvgIpc) is 2.52. The third kappa shape index (κ3) is 5.47. The number of rotatable bonds is 10. The third-order valence-electron chi connectivity index (χ3n) is 3.69. The average molecular weight is 289 g/mol. The quantitative estimate of drug-likeness (QED) is 0.672. The second-order valence-electron chi connectivity index (χ2n) is 5.31. The Balaban J connectivity index is 2.69. The zero-order chi connectivity index (χ0) is 15.6. The molecule has 1 aromatic carbocycles. The van der Waals surface area contributed by atoms with Crippen LogP contribution < -0.4 is 5.32 Å². The molecule has 0 amide bonds. The highest BCUT2D eigenvalue weighted by Gasteiger charge is 2.31. The predicted octanol–water partition coefficient (Wildman–Crippen LogP) is 2.37. The van der Waals surface area contributed by atoms with Crippen molar-refractivity contribution in [3.63, 3.8) is 0 Å². The molecule has 21 heavy (non-hydrogen) atoms. The Bertz CT molecular complexity index is 429. The smallest absolute Gasteiger partial charge is 0.133 e. The van der Waals surface area contributed by atoms with Gasteiger partial charge in [0.1, 0.15) is 5.54 Å². The molecule has 1 atom stereocenters. The van der Waals surface area contributed by atoms with Crippen LogP contribution in [0.1, 0.15) is 25.3 Å². The lowest BCUT2D eigenvalue weighted by atomic mass is 9.87. The Morgan fingerprint density at radius 1 is 1.29 bits per heavy atom. The molecule has 0 aliphatic rings. The third-order valence-corrected chi connectivity index (χ3v) is 3.69. The van der Waals surface area contributed by atoms with Crippen molar-refractivity contribution in [1.82, 2.24) is 10.2 Å². The summed E-state index contributed by atoms with van der Waals surface area (Å²) in [5.74, 6) is 0. The lowest BCUT2D eigenvalue weighted by Crippen LogP contribution is -2.43. The van der Waals surface area contributed by atoms with E-state index >= 15 is 0 Å². The van der Waals surface area contributed by atoms with Crippen LogP contribution in [0.4, 0.5) is 0 Å². The molecule has 116 valence electrons. The van der Waals surface area contributed by atoms with Gasteiger partial charge in [-0.15, -0.1) is 0 Å². The van der Waals surface area contributed by atoms with Gasteiger partial charge in [-0.2, -0.15) is 5.26 Å². The SMILES string of the molecule is CCNC(C#N)(CCN(C)CCCOC)c1ccccc1. The predicted molar refractivity (Wildman–Crippen MR) is 86.0 cm³/mol. The summed E-state index contributed by atoms with van der Waals surface area (Å²) in [6, 6.07) is 12.5. The van der Waals surface area contributed by atoms with E-state index in [4.69, 9.17) is 4.74 Å². The van der Waals surface area contributed by atoms with Gasteiger partial charge in [0.2, 0.25) is 0 Å². The van der Waals surface area contributed by atoms with Gasteiger partial charge in [0.15, 0.2) is 0 Å². The zero-order valence-electron chi connectivity index (χ0n) is 13.4. The molecule has 4 heteroatoms. The van der Waals surface area contributed by atoms with Gasteiger partial charge in [0.05, 0.1) is 6.07 Å². The highest BCUT2D eigenvalue weighted by Crippen LogP contribution is 2.24. The van der Waals surface area contributed by atoms with Gasteiger partial charge in [0, 0.05) is 26.8 Å². The summed E-state index contributed by atoms with van der Waals surface area (Å²) in [7, 11) is 3.82. The highest BCUT2D eigenvalue weighted by atomic mass is 16.5. The van der Waals surface area contributed by atoms with Gasteiger partial charge in [-0.3, -0.25) is 5.32 Å². The van der Waals surface area contributed by atoms with Crippen LogP contribution in [0.25, 0.3) is 0 Å². The maximum absolute atomic E-state index is 9.74. The van der Waals surface area contributed by atoms with E-state index in [-0.39, 0.29) is 0 Å². The molecule has 1 unspecified atom stereocenters. The zero-order valence-corrected chi connectivity index (χ0v) is 13.4. The van der Waals surface area contributed by atoms with Gasteiger partial charge in [-0.05, 0) is 32.0 Å². The first-order valence-electron chi connectivity index (χ1n) is 7.58. The van der Waals surface area contributed by atoms with Crippen LogP contribution in [0, 0.1) is 11.3 Å². The molecule has 0 aliphatic heterocycles. The molecule has 0 fully saturated rings.